The first-order chi connectivity index (χ1) is 13.0. The third kappa shape index (κ3) is 5.00. The average Bonchev–Trinajstić information content (AvgIpc) is 2.69. The number of hydrogen-bond acceptors (Lipinski definition) is 4. The smallest absolute Gasteiger partial charge is 0.410 e. The number of nitrogens with one attached hydrogen (secondary N) is 1. The second-order valence-electron chi connectivity index (χ2n) is 6.85. The number of carbonyl (C=O) groups is 2. The molecule has 0 aliphatic carbocycles. The molecule has 2 amide bonds. The van der Waals surface area contributed by atoms with E-state index in [1.165, 1.54) is 0 Å². The first-order valence-electron chi connectivity index (χ1n) is 9.13. The molecule has 1 N–H and O–H groups in total. The second-order valence-corrected chi connectivity index (χ2v) is 6.85. The highest BCUT2D eigenvalue weighted by molar-refractivity contribution is 5.94. The summed E-state index contributed by atoms with van der Waals surface area (Å²) in [4.78, 5) is 28.5. The van der Waals surface area contributed by atoms with Crippen molar-refractivity contribution in [2.45, 2.75) is 18.9 Å². The van der Waals surface area contributed by atoms with E-state index in [1.54, 1.807) is 12.1 Å². The van der Waals surface area contributed by atoms with Crippen LogP contribution in [0, 0.1) is 0 Å². The Morgan fingerprint density at radius 2 is 1.63 bits per heavy atom. The zero-order valence-electron chi connectivity index (χ0n) is 15.7. The minimum Gasteiger partial charge on any atom is -0.410 e. The summed E-state index contributed by atoms with van der Waals surface area (Å²) < 4.78 is 5.26. The van der Waals surface area contributed by atoms with Gasteiger partial charge in [0.1, 0.15) is 5.75 Å². The van der Waals surface area contributed by atoms with Crippen LogP contribution in [-0.4, -0.2) is 50.1 Å². The van der Waals surface area contributed by atoms with E-state index >= 15 is 0 Å². The Morgan fingerprint density at radius 1 is 1.00 bits per heavy atom. The topological polar surface area (TPSA) is 61.9 Å². The number of hydrogen-bond donors (Lipinski definition) is 1. The Hall–Kier alpha value is -3.02. The van der Waals surface area contributed by atoms with Crippen molar-refractivity contribution in [3.63, 3.8) is 0 Å². The minimum absolute atomic E-state index is 0.0152. The molecule has 2 aromatic rings. The summed E-state index contributed by atoms with van der Waals surface area (Å²) in [6.07, 6.45) is 0.974. The lowest BCUT2D eigenvalue weighted by molar-refractivity contribution is 0.0706. The molecule has 0 aromatic heterocycles. The van der Waals surface area contributed by atoms with E-state index in [9.17, 15) is 9.59 Å². The molecular formula is C21H25N3O3. The van der Waals surface area contributed by atoms with Crippen LogP contribution in [0.3, 0.4) is 0 Å². The standard InChI is InChI=1S/C21H25N3O3/c1-23(2)18-10-8-16(9-11-18)20(25)24-14-12-17(13-15-24)22-21(26)27-19-6-4-3-5-7-19/h3-11,17H,12-15H2,1-2H3,(H,22,26). The largest absolute Gasteiger partial charge is 0.412 e. The van der Waals surface area contributed by atoms with Gasteiger partial charge in [0.15, 0.2) is 0 Å². The molecule has 1 aliphatic rings. The van der Waals surface area contributed by atoms with Gasteiger partial charge in [0.2, 0.25) is 0 Å². The van der Waals surface area contributed by atoms with Crippen molar-refractivity contribution >= 4 is 17.7 Å². The van der Waals surface area contributed by atoms with E-state index in [0.717, 1.165) is 5.69 Å². The Morgan fingerprint density at radius 3 is 2.22 bits per heavy atom. The first-order valence-corrected chi connectivity index (χ1v) is 9.13. The van der Waals surface area contributed by atoms with E-state index in [0.29, 0.717) is 37.2 Å². The van der Waals surface area contributed by atoms with Crippen molar-refractivity contribution in [1.82, 2.24) is 10.2 Å². The summed E-state index contributed by atoms with van der Waals surface area (Å²) in [6, 6.07) is 16.6. The number of carbonyl (C=O) groups excluding carboxylic acids is 2. The van der Waals surface area contributed by atoms with Gasteiger partial charge in [0.25, 0.3) is 5.91 Å². The second kappa shape index (κ2) is 8.58. The van der Waals surface area contributed by atoms with E-state index in [1.807, 2.05) is 66.4 Å². The maximum atomic E-state index is 12.7. The summed E-state index contributed by atoms with van der Waals surface area (Å²) in [5.74, 6) is 0.550. The van der Waals surface area contributed by atoms with Gasteiger partial charge in [-0.05, 0) is 49.2 Å². The number of benzene rings is 2. The quantitative estimate of drug-likeness (QED) is 0.902. The van der Waals surface area contributed by atoms with Crippen LogP contribution < -0.4 is 15.0 Å². The molecule has 0 spiro atoms. The molecule has 0 saturated carbocycles. The molecule has 1 aliphatic heterocycles. The lowest BCUT2D eigenvalue weighted by atomic mass is 10.0. The van der Waals surface area contributed by atoms with E-state index in [-0.39, 0.29) is 11.9 Å². The molecule has 0 atom stereocenters. The van der Waals surface area contributed by atoms with Crippen LogP contribution >= 0.6 is 0 Å². The highest BCUT2D eigenvalue weighted by Gasteiger charge is 2.25. The summed E-state index contributed by atoms with van der Waals surface area (Å²) in [7, 11) is 3.94. The molecule has 1 fully saturated rings. The third-order valence-corrected chi connectivity index (χ3v) is 4.69. The Kier molecular flexibility index (Phi) is 5.96. The third-order valence-electron chi connectivity index (χ3n) is 4.69. The zero-order chi connectivity index (χ0) is 19.2. The zero-order valence-corrected chi connectivity index (χ0v) is 15.7. The summed E-state index contributed by atoms with van der Waals surface area (Å²) in [5, 5.41) is 2.88. The van der Waals surface area contributed by atoms with Gasteiger partial charge in [-0.1, -0.05) is 18.2 Å². The van der Waals surface area contributed by atoms with Gasteiger partial charge >= 0.3 is 6.09 Å². The van der Waals surface area contributed by atoms with E-state index in [4.69, 9.17) is 4.74 Å². The van der Waals surface area contributed by atoms with Crippen molar-refractivity contribution in [2.75, 3.05) is 32.1 Å². The SMILES string of the molecule is CN(C)c1ccc(C(=O)N2CCC(NC(=O)Oc3ccccc3)CC2)cc1. The van der Waals surface area contributed by atoms with Crippen LogP contribution in [0.15, 0.2) is 54.6 Å². The van der Waals surface area contributed by atoms with Crippen molar-refractivity contribution in [1.29, 1.82) is 0 Å². The number of anilines is 1. The van der Waals surface area contributed by atoms with E-state index < -0.39 is 6.09 Å². The average molecular weight is 367 g/mol. The van der Waals surface area contributed by atoms with Crippen molar-refractivity contribution in [2.24, 2.45) is 0 Å². The lowest BCUT2D eigenvalue weighted by Gasteiger charge is -2.32. The maximum absolute atomic E-state index is 12.7. The number of likely N-dealkylation sites (tertiary alicyclic amines) is 1. The minimum atomic E-state index is -0.453. The van der Waals surface area contributed by atoms with Gasteiger partial charge in [-0.25, -0.2) is 4.79 Å². The highest BCUT2D eigenvalue weighted by atomic mass is 16.6. The Labute approximate surface area is 159 Å². The lowest BCUT2D eigenvalue weighted by Crippen LogP contribution is -2.47. The number of ether oxygens (including phenoxy) is 1. The molecule has 1 heterocycles. The van der Waals surface area contributed by atoms with Crippen LogP contribution in [0.25, 0.3) is 0 Å². The van der Waals surface area contributed by atoms with Crippen molar-refractivity contribution < 1.29 is 14.3 Å². The van der Waals surface area contributed by atoms with Crippen LogP contribution in [0.1, 0.15) is 23.2 Å². The molecule has 27 heavy (non-hydrogen) atoms. The maximum Gasteiger partial charge on any atom is 0.412 e. The van der Waals surface area contributed by atoms with Crippen molar-refractivity contribution in [3.05, 3.63) is 60.2 Å². The van der Waals surface area contributed by atoms with Crippen LogP contribution in [-0.2, 0) is 0 Å². The number of amides is 2. The first kappa shape index (κ1) is 18.8. The van der Waals surface area contributed by atoms with Gasteiger partial charge in [0, 0.05) is 44.5 Å². The van der Waals surface area contributed by atoms with Gasteiger partial charge in [-0.3, -0.25) is 4.79 Å². The molecule has 0 radical (unpaired) electrons. The van der Waals surface area contributed by atoms with Gasteiger partial charge in [0.05, 0.1) is 0 Å². The molecule has 6 heteroatoms. The summed E-state index contributed by atoms with van der Waals surface area (Å²) in [6.45, 7) is 1.23. The highest BCUT2D eigenvalue weighted by Crippen LogP contribution is 2.17. The molecule has 0 unspecified atom stereocenters. The predicted octanol–water partition coefficient (Wildman–Crippen LogP) is 3.15. The fourth-order valence-electron chi connectivity index (χ4n) is 3.10. The molecular weight excluding hydrogens is 342 g/mol. The van der Waals surface area contributed by atoms with E-state index in [2.05, 4.69) is 5.32 Å². The molecule has 2 aromatic carbocycles. The van der Waals surface area contributed by atoms with Crippen LogP contribution in [0.5, 0.6) is 5.75 Å². The Balaban J connectivity index is 1.48. The summed E-state index contributed by atoms with van der Waals surface area (Å²) in [5.41, 5.74) is 1.75. The van der Waals surface area contributed by atoms with Gasteiger partial charge in [-0.2, -0.15) is 0 Å². The summed E-state index contributed by atoms with van der Waals surface area (Å²) >= 11 is 0. The van der Waals surface area contributed by atoms with Gasteiger partial charge < -0.3 is 19.9 Å². The molecule has 3 rings (SSSR count). The predicted molar refractivity (Wildman–Crippen MR) is 105 cm³/mol. The number of para-hydroxylation sites is 1. The fraction of sp³-hybridized carbons (Fsp3) is 0.333. The van der Waals surface area contributed by atoms with Crippen molar-refractivity contribution in [3.8, 4) is 5.75 Å². The molecule has 0 bridgehead atoms. The van der Waals surface area contributed by atoms with Crippen LogP contribution in [0.2, 0.25) is 0 Å². The number of nitrogens with zero attached hydrogens (tertiary/aromatic N) is 2. The monoisotopic (exact) mass is 367 g/mol. The molecule has 1 saturated heterocycles. The van der Waals surface area contributed by atoms with Gasteiger partial charge in [-0.15, -0.1) is 0 Å². The fourth-order valence-corrected chi connectivity index (χ4v) is 3.10. The molecule has 142 valence electrons. The Bertz CT molecular complexity index is 767. The molecule has 6 nitrogen and oxygen atoms in total. The van der Waals surface area contributed by atoms with Crippen LogP contribution in [0.4, 0.5) is 10.5 Å². The normalized spacial score (nSPS) is 14.5. The number of piperidine rings is 1. The number of rotatable bonds is 4.